The first-order chi connectivity index (χ1) is 17.8. The smallest absolute Gasteiger partial charge is 0.793 e. The van der Waals surface area contributed by atoms with Crippen molar-refractivity contribution in [3.05, 3.63) is 13.8 Å². The monoisotopic (exact) mass is 664 g/mol. The zero-order valence-electron chi connectivity index (χ0n) is 26.5. The zero-order valence-corrected chi connectivity index (χ0v) is 31.0. The minimum absolute atomic E-state index is 0. The van der Waals surface area contributed by atoms with Crippen molar-refractivity contribution in [3.63, 3.8) is 0 Å². The third-order valence-corrected chi connectivity index (χ3v) is 7.07. The molecule has 0 heterocycles. The molecule has 0 unspecified atom stereocenters. The van der Waals surface area contributed by atoms with Crippen LogP contribution in [-0.2, 0) is 25.3 Å². The molecule has 0 aromatic rings. The molecule has 0 spiro atoms. The van der Waals surface area contributed by atoms with E-state index in [0.29, 0.717) is 0 Å². The van der Waals surface area contributed by atoms with Gasteiger partial charge in [0.25, 0.3) is 0 Å². The van der Waals surface area contributed by atoms with Crippen molar-refractivity contribution in [2.45, 2.75) is 195 Å². The molecule has 3 heteroatoms. The van der Waals surface area contributed by atoms with Gasteiger partial charge in [-0.3, -0.25) is 0 Å². The van der Waals surface area contributed by atoms with Gasteiger partial charge in [-0.2, -0.15) is 11.5 Å². The molecule has 0 aromatic carbocycles. The van der Waals surface area contributed by atoms with Crippen LogP contribution in [0.4, 0.5) is 0 Å². The van der Waals surface area contributed by atoms with Crippen LogP contribution in [0.5, 0.6) is 0 Å². The van der Waals surface area contributed by atoms with E-state index in [2.05, 4.69) is 27.7 Å². The van der Waals surface area contributed by atoms with E-state index in [0.717, 1.165) is 11.5 Å². The van der Waals surface area contributed by atoms with Gasteiger partial charge in [0, 0.05) is 0 Å². The van der Waals surface area contributed by atoms with Gasteiger partial charge in [0.15, 0.2) is 0 Å². The first kappa shape index (κ1) is 48.2. The summed E-state index contributed by atoms with van der Waals surface area (Å²) in [6.45, 7) is 14.6. The molecule has 0 bridgehead atoms. The van der Waals surface area contributed by atoms with Gasteiger partial charge in [0.05, 0.1) is 0 Å². The Morgan fingerprint density at radius 1 is 0.297 bits per heavy atom. The van der Waals surface area contributed by atoms with Crippen molar-refractivity contribution in [2.75, 3.05) is 11.5 Å². The minimum Gasteiger partial charge on any atom is -0.793 e. The minimum atomic E-state index is 0. The Balaban J connectivity index is -0.000000158. The summed E-state index contributed by atoms with van der Waals surface area (Å²) in [5.74, 6) is 1.91. The van der Waals surface area contributed by atoms with Crippen molar-refractivity contribution >= 4 is 49.2 Å². The Labute approximate surface area is 267 Å². The van der Waals surface area contributed by atoms with Gasteiger partial charge >= 0.3 is 23.9 Å². The van der Waals surface area contributed by atoms with Gasteiger partial charge in [0.1, 0.15) is 0 Å². The molecular formula is C34H72S2Sn. The largest absolute Gasteiger partial charge is 2.00 e. The van der Waals surface area contributed by atoms with Gasteiger partial charge in [-0.25, -0.2) is 0 Å². The third kappa shape index (κ3) is 62.5. The fraction of sp³-hybridized carbons (Fsp3) is 0.941. The summed E-state index contributed by atoms with van der Waals surface area (Å²) in [5.41, 5.74) is 0. The Morgan fingerprint density at radius 2 is 0.432 bits per heavy atom. The van der Waals surface area contributed by atoms with E-state index >= 15 is 0 Å². The number of hydrogen-bond donors (Lipinski definition) is 0. The third-order valence-electron chi connectivity index (χ3n) is 6.50. The molecule has 0 aromatic heterocycles. The van der Waals surface area contributed by atoms with Crippen LogP contribution in [0.2, 0.25) is 0 Å². The van der Waals surface area contributed by atoms with Crippen LogP contribution < -0.4 is 0 Å². The van der Waals surface area contributed by atoms with E-state index in [1.807, 2.05) is 0 Å². The van der Waals surface area contributed by atoms with Gasteiger partial charge in [-0.05, 0) is 0 Å². The van der Waals surface area contributed by atoms with Crippen LogP contribution in [-0.4, -0.2) is 35.4 Å². The topological polar surface area (TPSA) is 0 Å². The van der Waals surface area contributed by atoms with E-state index in [1.54, 1.807) is 13.8 Å². The Bertz CT molecular complexity index is 231. The molecule has 0 aliphatic rings. The predicted octanol–water partition coefficient (Wildman–Crippen LogP) is 12.5. The van der Waals surface area contributed by atoms with Crippen molar-refractivity contribution in [1.82, 2.24) is 0 Å². The Hall–Kier alpha value is 1.50. The molecule has 4 radical (unpaired) electrons. The van der Waals surface area contributed by atoms with E-state index in [-0.39, 0.29) is 23.9 Å². The zero-order chi connectivity index (χ0) is 27.8. The molecule has 0 fully saturated rings. The quantitative estimate of drug-likeness (QED) is 0.0513. The average Bonchev–Trinajstić information content (AvgIpc) is 2.92. The first-order valence-electron chi connectivity index (χ1n) is 16.4. The maximum absolute atomic E-state index is 4.93. The maximum atomic E-state index is 4.93. The second-order valence-electron chi connectivity index (χ2n) is 9.89. The van der Waals surface area contributed by atoms with Crippen LogP contribution >= 0.6 is 0 Å². The molecule has 0 aliphatic heterocycles. The Morgan fingerprint density at radius 3 is 0.568 bits per heavy atom. The van der Waals surface area contributed by atoms with Crippen molar-refractivity contribution < 1.29 is 0 Å². The summed E-state index contributed by atoms with van der Waals surface area (Å²) in [4.78, 5) is 0. The average molecular weight is 664 g/mol. The molecule has 37 heavy (non-hydrogen) atoms. The molecule has 0 saturated carbocycles. The van der Waals surface area contributed by atoms with Gasteiger partial charge < -0.3 is 25.3 Å². The molecule has 0 amide bonds. The van der Waals surface area contributed by atoms with Gasteiger partial charge in [0.2, 0.25) is 0 Å². The van der Waals surface area contributed by atoms with E-state index in [1.165, 1.54) is 167 Å². The molecule has 224 valence electrons. The molecule has 0 N–H and O–H groups in total. The number of hydrogen-bond acceptors (Lipinski definition) is 2. The van der Waals surface area contributed by atoms with E-state index in [4.69, 9.17) is 25.3 Å². The number of unbranched alkanes of at least 4 members (excludes halogenated alkanes) is 24. The summed E-state index contributed by atoms with van der Waals surface area (Å²) in [5, 5.41) is 0. The SMILES string of the molecule is CCCCCCCCCCCCCCC[S-].CCCCCCCCCCCCCCC[S-].[CH2]C.[CH2]C.[Sn+2]. The molecule has 0 aliphatic carbocycles. The maximum Gasteiger partial charge on any atom is 2.00 e. The molecular weight excluding hydrogens is 591 g/mol. The normalized spacial score (nSPS) is 9.73. The van der Waals surface area contributed by atoms with Crippen molar-refractivity contribution in [2.24, 2.45) is 0 Å². The van der Waals surface area contributed by atoms with E-state index < -0.39 is 0 Å². The summed E-state index contributed by atoms with van der Waals surface area (Å²) in [6.07, 6.45) is 37.0. The molecule has 0 saturated heterocycles. The van der Waals surface area contributed by atoms with Crippen molar-refractivity contribution in [1.29, 1.82) is 0 Å². The first-order valence-corrected chi connectivity index (χ1v) is 17.6. The summed E-state index contributed by atoms with van der Waals surface area (Å²) in [6, 6.07) is 0. The molecule has 0 atom stereocenters. The summed E-state index contributed by atoms with van der Waals surface area (Å²) in [7, 11) is 0. The molecule has 0 rings (SSSR count). The predicted molar refractivity (Wildman–Crippen MR) is 184 cm³/mol. The summed E-state index contributed by atoms with van der Waals surface area (Å²) >= 11 is 9.86. The van der Waals surface area contributed by atoms with E-state index in [9.17, 15) is 0 Å². The second-order valence-corrected chi connectivity index (χ2v) is 10.7. The van der Waals surface area contributed by atoms with Gasteiger partial charge in [-0.1, -0.05) is 208 Å². The standard InChI is InChI=1S/2C15H32S.2C2H5.Sn/c2*1-2-3-4-5-6-7-8-9-10-11-12-13-14-15-16;2*1-2;/h2*16H,2-15H2,1H3;2*1H2,2H3;/q;;;;+2/p-2. The van der Waals surface area contributed by atoms with Crippen molar-refractivity contribution in [3.8, 4) is 0 Å². The van der Waals surface area contributed by atoms with Gasteiger partial charge in [-0.15, -0.1) is 0 Å². The van der Waals surface area contributed by atoms with Crippen LogP contribution in [0.25, 0.3) is 0 Å². The second kappa shape index (κ2) is 57.4. The summed E-state index contributed by atoms with van der Waals surface area (Å²) < 4.78 is 0. The van der Waals surface area contributed by atoms with Crippen LogP contribution in [0.1, 0.15) is 195 Å². The fourth-order valence-corrected chi connectivity index (χ4v) is 4.65. The Kier molecular flexibility index (Phi) is 74.8. The molecule has 0 nitrogen and oxygen atoms in total. The van der Waals surface area contributed by atoms with Crippen LogP contribution in [0.3, 0.4) is 0 Å². The fourth-order valence-electron chi connectivity index (χ4n) is 4.24. The van der Waals surface area contributed by atoms with Crippen LogP contribution in [0, 0.1) is 13.8 Å². The number of rotatable bonds is 26. The van der Waals surface area contributed by atoms with Crippen LogP contribution in [0.15, 0.2) is 0 Å².